The molecule has 1 atom stereocenters. The number of aryl methyl sites for hydroxylation is 1. The monoisotopic (exact) mass is 393 g/mol. The lowest BCUT2D eigenvalue weighted by atomic mass is 10.0. The molecule has 1 fully saturated rings. The second-order valence-corrected chi connectivity index (χ2v) is 8.00. The number of nitrogens with zero attached hydrogens (tertiary/aromatic N) is 1. The van der Waals surface area contributed by atoms with Crippen molar-refractivity contribution in [1.82, 2.24) is 10.3 Å². The summed E-state index contributed by atoms with van der Waals surface area (Å²) in [6.07, 6.45) is 2.69. The molecular formula is C17H20BrN3OS. The lowest BCUT2D eigenvalue weighted by Gasteiger charge is -2.07. The van der Waals surface area contributed by atoms with Crippen molar-refractivity contribution in [2.75, 3.05) is 18.4 Å². The largest absolute Gasteiger partial charge is 0.316 e. The molecule has 0 radical (unpaired) electrons. The van der Waals surface area contributed by atoms with E-state index < -0.39 is 0 Å². The van der Waals surface area contributed by atoms with E-state index in [-0.39, 0.29) is 5.91 Å². The van der Waals surface area contributed by atoms with E-state index in [0.29, 0.717) is 17.5 Å². The summed E-state index contributed by atoms with van der Waals surface area (Å²) >= 11 is 4.97. The molecule has 0 aliphatic carbocycles. The van der Waals surface area contributed by atoms with Gasteiger partial charge in [-0.1, -0.05) is 28.1 Å². The summed E-state index contributed by atoms with van der Waals surface area (Å²) in [5.74, 6) is 0.699. The number of hydrogen-bond donors (Lipinski definition) is 2. The van der Waals surface area contributed by atoms with Crippen molar-refractivity contribution < 1.29 is 4.79 Å². The summed E-state index contributed by atoms with van der Waals surface area (Å²) in [5.41, 5.74) is 2.01. The van der Waals surface area contributed by atoms with E-state index in [9.17, 15) is 4.79 Å². The number of carbonyl (C=O) groups excluding carboxylic acids is 1. The maximum absolute atomic E-state index is 12.1. The molecule has 1 aliphatic rings. The van der Waals surface area contributed by atoms with Gasteiger partial charge in [0.25, 0.3) is 0 Å². The van der Waals surface area contributed by atoms with Gasteiger partial charge in [0.05, 0.1) is 5.69 Å². The Labute approximate surface area is 148 Å². The molecule has 2 N–H and O–H groups in total. The number of hydrogen-bond acceptors (Lipinski definition) is 4. The second-order valence-electron chi connectivity index (χ2n) is 5.88. The van der Waals surface area contributed by atoms with Crippen molar-refractivity contribution in [3.63, 3.8) is 0 Å². The molecule has 1 amide bonds. The first-order chi connectivity index (χ1) is 11.1. The third kappa shape index (κ3) is 4.40. The third-order valence-electron chi connectivity index (χ3n) is 4.10. The molecule has 23 heavy (non-hydrogen) atoms. The normalized spacial score (nSPS) is 17.4. The standard InChI is InChI=1S/C17H20BrN3OS/c1-11-16(13-3-5-14(18)6-4-13)21-17(23-11)20-15(22)7-2-12-8-9-19-10-12/h3-6,12,19H,2,7-10H2,1H3,(H,20,21,22). The number of aromatic nitrogens is 1. The van der Waals surface area contributed by atoms with Gasteiger partial charge in [0.15, 0.2) is 5.13 Å². The minimum atomic E-state index is 0.0630. The Morgan fingerprint density at radius 3 is 2.91 bits per heavy atom. The number of benzene rings is 1. The molecule has 1 unspecified atom stereocenters. The van der Waals surface area contributed by atoms with Crippen LogP contribution in [0.3, 0.4) is 0 Å². The van der Waals surface area contributed by atoms with Crippen LogP contribution in [0.1, 0.15) is 24.1 Å². The molecule has 6 heteroatoms. The van der Waals surface area contributed by atoms with E-state index in [1.807, 2.05) is 31.2 Å². The zero-order chi connectivity index (χ0) is 16.2. The van der Waals surface area contributed by atoms with Crippen molar-refractivity contribution in [2.24, 2.45) is 5.92 Å². The van der Waals surface area contributed by atoms with Crippen molar-refractivity contribution in [3.8, 4) is 11.3 Å². The average molecular weight is 394 g/mol. The first kappa shape index (κ1) is 16.6. The van der Waals surface area contributed by atoms with Gasteiger partial charge in [-0.25, -0.2) is 4.98 Å². The SMILES string of the molecule is Cc1sc(NC(=O)CCC2CCNC2)nc1-c1ccc(Br)cc1. The van der Waals surface area contributed by atoms with E-state index in [1.165, 1.54) is 17.8 Å². The van der Waals surface area contributed by atoms with Crippen molar-refractivity contribution in [2.45, 2.75) is 26.2 Å². The number of rotatable bonds is 5. The van der Waals surface area contributed by atoms with Crippen molar-refractivity contribution >= 4 is 38.3 Å². The van der Waals surface area contributed by atoms with E-state index in [4.69, 9.17) is 0 Å². The summed E-state index contributed by atoms with van der Waals surface area (Å²) < 4.78 is 1.05. The summed E-state index contributed by atoms with van der Waals surface area (Å²) in [5, 5.41) is 6.97. The van der Waals surface area contributed by atoms with Gasteiger partial charge in [-0.2, -0.15) is 0 Å². The summed E-state index contributed by atoms with van der Waals surface area (Å²) in [6, 6.07) is 8.07. The molecule has 1 aliphatic heterocycles. The highest BCUT2D eigenvalue weighted by Gasteiger charge is 2.17. The number of thiazole rings is 1. The van der Waals surface area contributed by atoms with E-state index in [2.05, 4.69) is 31.5 Å². The highest BCUT2D eigenvalue weighted by molar-refractivity contribution is 9.10. The highest BCUT2D eigenvalue weighted by atomic mass is 79.9. The average Bonchev–Trinajstić information content (AvgIpc) is 3.16. The number of nitrogens with one attached hydrogen (secondary N) is 2. The van der Waals surface area contributed by atoms with Crippen LogP contribution in [0.4, 0.5) is 5.13 Å². The maximum Gasteiger partial charge on any atom is 0.226 e. The first-order valence-electron chi connectivity index (χ1n) is 7.86. The van der Waals surface area contributed by atoms with Crippen LogP contribution in [-0.2, 0) is 4.79 Å². The van der Waals surface area contributed by atoms with Crippen molar-refractivity contribution in [1.29, 1.82) is 0 Å². The number of amides is 1. The topological polar surface area (TPSA) is 54.0 Å². The number of halogens is 1. The summed E-state index contributed by atoms with van der Waals surface area (Å²) in [7, 11) is 0. The molecule has 2 heterocycles. The Morgan fingerprint density at radius 1 is 1.43 bits per heavy atom. The van der Waals surface area contributed by atoms with E-state index >= 15 is 0 Å². The quantitative estimate of drug-likeness (QED) is 0.799. The number of carbonyl (C=O) groups is 1. The predicted octanol–water partition coefficient (Wildman–Crippen LogP) is 4.21. The first-order valence-corrected chi connectivity index (χ1v) is 9.46. The van der Waals surface area contributed by atoms with Crippen LogP contribution < -0.4 is 10.6 Å². The van der Waals surface area contributed by atoms with Crippen LogP contribution in [-0.4, -0.2) is 24.0 Å². The van der Waals surface area contributed by atoms with E-state index in [1.54, 1.807) is 0 Å². The summed E-state index contributed by atoms with van der Waals surface area (Å²) in [6.45, 7) is 4.15. The van der Waals surface area contributed by atoms with Crippen LogP contribution in [0.15, 0.2) is 28.7 Å². The van der Waals surface area contributed by atoms with Gasteiger partial charge >= 0.3 is 0 Å². The van der Waals surface area contributed by atoms with Gasteiger partial charge in [-0.05, 0) is 50.9 Å². The van der Waals surface area contributed by atoms with Gasteiger partial charge in [-0.15, -0.1) is 11.3 Å². The smallest absolute Gasteiger partial charge is 0.226 e. The molecule has 1 saturated heterocycles. The lowest BCUT2D eigenvalue weighted by molar-refractivity contribution is -0.116. The van der Waals surface area contributed by atoms with E-state index in [0.717, 1.165) is 40.1 Å². The van der Waals surface area contributed by atoms with Crippen LogP contribution in [0, 0.1) is 12.8 Å². The molecule has 4 nitrogen and oxygen atoms in total. The summed E-state index contributed by atoms with van der Waals surface area (Å²) in [4.78, 5) is 17.8. The third-order valence-corrected chi connectivity index (χ3v) is 5.52. The Hall–Kier alpha value is -1.24. The predicted molar refractivity (Wildman–Crippen MR) is 98.8 cm³/mol. The lowest BCUT2D eigenvalue weighted by Crippen LogP contribution is -2.14. The Balaban J connectivity index is 1.61. The minimum absolute atomic E-state index is 0.0630. The molecule has 0 saturated carbocycles. The highest BCUT2D eigenvalue weighted by Crippen LogP contribution is 2.31. The number of anilines is 1. The molecule has 2 aromatic rings. The molecule has 1 aromatic heterocycles. The second kappa shape index (κ2) is 7.55. The van der Waals surface area contributed by atoms with Gasteiger partial charge in [0.2, 0.25) is 5.91 Å². The molecule has 0 spiro atoms. The molecular weight excluding hydrogens is 374 g/mol. The maximum atomic E-state index is 12.1. The Kier molecular flexibility index (Phi) is 5.46. The fourth-order valence-electron chi connectivity index (χ4n) is 2.80. The fourth-order valence-corrected chi connectivity index (χ4v) is 3.92. The van der Waals surface area contributed by atoms with Gasteiger partial charge in [-0.3, -0.25) is 4.79 Å². The van der Waals surface area contributed by atoms with Gasteiger partial charge in [0, 0.05) is 21.3 Å². The molecule has 0 bridgehead atoms. The van der Waals surface area contributed by atoms with Crippen LogP contribution in [0.5, 0.6) is 0 Å². The minimum Gasteiger partial charge on any atom is -0.316 e. The molecule has 1 aromatic carbocycles. The zero-order valence-corrected chi connectivity index (χ0v) is 15.5. The van der Waals surface area contributed by atoms with Gasteiger partial charge in [0.1, 0.15) is 0 Å². The van der Waals surface area contributed by atoms with Gasteiger partial charge < -0.3 is 10.6 Å². The Bertz CT molecular complexity index is 678. The van der Waals surface area contributed by atoms with Crippen LogP contribution in [0.2, 0.25) is 0 Å². The van der Waals surface area contributed by atoms with Crippen LogP contribution in [0.25, 0.3) is 11.3 Å². The van der Waals surface area contributed by atoms with Crippen LogP contribution >= 0.6 is 27.3 Å². The zero-order valence-electron chi connectivity index (χ0n) is 13.1. The molecule has 122 valence electrons. The van der Waals surface area contributed by atoms with Crippen molar-refractivity contribution in [3.05, 3.63) is 33.6 Å². The Morgan fingerprint density at radius 2 is 2.22 bits per heavy atom. The fraction of sp³-hybridized carbons (Fsp3) is 0.412. The molecule has 3 rings (SSSR count).